The maximum Gasteiger partial charge on any atom is 0.192 e. The lowest BCUT2D eigenvalue weighted by molar-refractivity contribution is 0.0389. The first-order valence-corrected chi connectivity index (χ1v) is 9.53. The van der Waals surface area contributed by atoms with Crippen LogP contribution >= 0.6 is 0 Å². The smallest absolute Gasteiger partial charge is 0.192 e. The Hall–Kier alpha value is -2.52. The van der Waals surface area contributed by atoms with Crippen LogP contribution in [0.4, 0.5) is 4.39 Å². The molecule has 9 heteroatoms. The van der Waals surface area contributed by atoms with Crippen LogP contribution < -0.4 is 10.6 Å². The number of nitrogens with one attached hydrogen (secondary N) is 2. The molecular formula is C19H28FN7O. The highest BCUT2D eigenvalue weighted by Crippen LogP contribution is 2.04. The highest BCUT2D eigenvalue weighted by molar-refractivity contribution is 5.79. The topological polar surface area (TPSA) is 79.6 Å². The molecule has 3 rings (SSSR count). The van der Waals surface area contributed by atoms with Crippen molar-refractivity contribution in [2.75, 3.05) is 39.4 Å². The predicted molar refractivity (Wildman–Crippen MR) is 105 cm³/mol. The van der Waals surface area contributed by atoms with Gasteiger partial charge in [0.2, 0.25) is 0 Å². The van der Waals surface area contributed by atoms with E-state index in [1.165, 1.54) is 12.1 Å². The molecule has 1 fully saturated rings. The molecule has 8 nitrogen and oxygen atoms in total. The number of halogens is 1. The molecule has 1 aromatic carbocycles. The second-order valence-electron chi connectivity index (χ2n) is 6.75. The van der Waals surface area contributed by atoms with E-state index in [0.29, 0.717) is 19.0 Å². The number of ether oxygens (including phenoxy) is 1. The molecule has 0 aliphatic carbocycles. The number of nitrogens with zero attached hydrogens (tertiary/aromatic N) is 5. The van der Waals surface area contributed by atoms with Crippen molar-refractivity contribution in [1.29, 1.82) is 0 Å². The Morgan fingerprint density at radius 2 is 1.93 bits per heavy atom. The summed E-state index contributed by atoms with van der Waals surface area (Å²) in [4.78, 5) is 6.99. The van der Waals surface area contributed by atoms with Gasteiger partial charge in [0.1, 0.15) is 11.6 Å². The number of hydrogen-bond acceptors (Lipinski definition) is 5. The van der Waals surface area contributed by atoms with Gasteiger partial charge in [-0.3, -0.25) is 4.90 Å². The monoisotopic (exact) mass is 389 g/mol. The maximum atomic E-state index is 13.1. The first-order valence-electron chi connectivity index (χ1n) is 9.53. The molecule has 28 heavy (non-hydrogen) atoms. The van der Waals surface area contributed by atoms with Crippen LogP contribution in [0.2, 0.25) is 0 Å². The lowest BCUT2D eigenvalue weighted by Gasteiger charge is -2.26. The first-order chi connectivity index (χ1) is 13.6. The molecule has 152 valence electrons. The van der Waals surface area contributed by atoms with E-state index in [1.54, 1.807) is 12.1 Å². The molecule has 1 aliphatic rings. The zero-order valence-electron chi connectivity index (χ0n) is 16.5. The van der Waals surface area contributed by atoms with Crippen LogP contribution in [0.5, 0.6) is 0 Å². The number of aliphatic imine (C=N–C) groups is 1. The fourth-order valence-corrected chi connectivity index (χ4v) is 2.86. The molecule has 0 atom stereocenters. The van der Waals surface area contributed by atoms with Gasteiger partial charge in [-0.15, -0.1) is 10.2 Å². The zero-order valence-corrected chi connectivity index (χ0v) is 16.5. The summed E-state index contributed by atoms with van der Waals surface area (Å²) < 4.78 is 20.4. The van der Waals surface area contributed by atoms with Gasteiger partial charge in [0, 0.05) is 33.2 Å². The number of guanidine groups is 1. The lowest BCUT2D eigenvalue weighted by Crippen LogP contribution is -2.44. The third kappa shape index (κ3) is 6.00. The summed E-state index contributed by atoms with van der Waals surface area (Å²) in [5.41, 5.74) is 0.949. The van der Waals surface area contributed by atoms with Crippen molar-refractivity contribution in [2.24, 2.45) is 12.0 Å². The quantitative estimate of drug-likeness (QED) is 0.539. The van der Waals surface area contributed by atoms with E-state index in [4.69, 9.17) is 4.74 Å². The molecule has 1 saturated heterocycles. The summed E-state index contributed by atoms with van der Waals surface area (Å²) in [6.45, 7) is 8.07. The van der Waals surface area contributed by atoms with E-state index in [-0.39, 0.29) is 5.82 Å². The summed E-state index contributed by atoms with van der Waals surface area (Å²) in [7, 11) is 1.94. The number of rotatable bonds is 7. The van der Waals surface area contributed by atoms with Gasteiger partial charge in [-0.2, -0.15) is 0 Å². The number of hydrogen-bond donors (Lipinski definition) is 2. The van der Waals surface area contributed by atoms with Crippen molar-refractivity contribution in [2.45, 2.75) is 20.0 Å². The molecule has 1 aliphatic heterocycles. The van der Waals surface area contributed by atoms with Gasteiger partial charge in [0.05, 0.1) is 26.3 Å². The Balaban J connectivity index is 1.57. The van der Waals surface area contributed by atoms with Gasteiger partial charge in [-0.05, 0) is 24.6 Å². The Kier molecular flexibility index (Phi) is 7.32. The SMILES string of the molecule is Cc1nnc(CNC(=NCc2ccc(F)cc2)NCCN2CCOCC2)n1C. The molecular weight excluding hydrogens is 361 g/mol. The van der Waals surface area contributed by atoms with Gasteiger partial charge in [0.15, 0.2) is 11.8 Å². The van der Waals surface area contributed by atoms with E-state index >= 15 is 0 Å². The van der Waals surface area contributed by atoms with Crippen molar-refractivity contribution >= 4 is 5.96 Å². The normalized spacial score (nSPS) is 15.6. The molecule has 0 spiro atoms. The maximum absolute atomic E-state index is 13.1. The van der Waals surface area contributed by atoms with Crippen LogP contribution in [-0.2, 0) is 24.9 Å². The minimum absolute atomic E-state index is 0.243. The third-order valence-corrected chi connectivity index (χ3v) is 4.75. The van der Waals surface area contributed by atoms with Crippen LogP contribution in [0.3, 0.4) is 0 Å². The Bertz CT molecular complexity index is 769. The second kappa shape index (κ2) is 10.1. The molecule has 0 unspecified atom stereocenters. The summed E-state index contributed by atoms with van der Waals surface area (Å²) in [6, 6.07) is 6.39. The van der Waals surface area contributed by atoms with Crippen molar-refractivity contribution in [3.8, 4) is 0 Å². The van der Waals surface area contributed by atoms with Crippen LogP contribution in [0, 0.1) is 12.7 Å². The molecule has 0 radical (unpaired) electrons. The fourth-order valence-electron chi connectivity index (χ4n) is 2.86. The molecule has 1 aromatic heterocycles. The summed E-state index contributed by atoms with van der Waals surface area (Å²) in [6.07, 6.45) is 0. The third-order valence-electron chi connectivity index (χ3n) is 4.75. The predicted octanol–water partition coefficient (Wildman–Crippen LogP) is 0.830. The molecule has 0 bridgehead atoms. The minimum atomic E-state index is -0.243. The van der Waals surface area contributed by atoms with Crippen LogP contribution in [-0.4, -0.2) is 65.0 Å². The van der Waals surface area contributed by atoms with Gasteiger partial charge in [-0.1, -0.05) is 12.1 Å². The van der Waals surface area contributed by atoms with Gasteiger partial charge in [-0.25, -0.2) is 9.38 Å². The molecule has 0 saturated carbocycles. The van der Waals surface area contributed by atoms with Crippen molar-refractivity contribution in [3.63, 3.8) is 0 Å². The van der Waals surface area contributed by atoms with Crippen LogP contribution in [0.15, 0.2) is 29.3 Å². The van der Waals surface area contributed by atoms with Gasteiger partial charge >= 0.3 is 0 Å². The number of aryl methyl sites for hydroxylation is 1. The number of benzene rings is 1. The lowest BCUT2D eigenvalue weighted by atomic mass is 10.2. The van der Waals surface area contributed by atoms with E-state index in [9.17, 15) is 4.39 Å². The minimum Gasteiger partial charge on any atom is -0.379 e. The Morgan fingerprint density at radius 3 is 2.61 bits per heavy atom. The Labute approximate surface area is 164 Å². The average Bonchev–Trinajstić information content (AvgIpc) is 3.03. The van der Waals surface area contributed by atoms with Gasteiger partial charge in [0.25, 0.3) is 0 Å². The fraction of sp³-hybridized carbons (Fsp3) is 0.526. The standard InChI is InChI=1S/C19H28FN7O/c1-15-24-25-18(26(15)2)14-23-19(21-7-8-27-9-11-28-12-10-27)22-13-16-3-5-17(20)6-4-16/h3-6H,7-14H2,1-2H3,(H2,21,22,23). The zero-order chi connectivity index (χ0) is 19.8. The van der Waals surface area contributed by atoms with Gasteiger partial charge < -0.3 is 19.9 Å². The molecule has 0 amide bonds. The summed E-state index contributed by atoms with van der Waals surface area (Å²) in [5.74, 6) is 2.15. The van der Waals surface area contributed by atoms with Crippen LogP contribution in [0.25, 0.3) is 0 Å². The first kappa shape index (κ1) is 20.2. The van der Waals surface area contributed by atoms with E-state index in [0.717, 1.165) is 56.6 Å². The largest absolute Gasteiger partial charge is 0.379 e. The summed E-state index contributed by atoms with van der Waals surface area (Å²) >= 11 is 0. The molecule has 2 heterocycles. The van der Waals surface area contributed by atoms with E-state index in [1.807, 2.05) is 18.5 Å². The highest BCUT2D eigenvalue weighted by atomic mass is 19.1. The second-order valence-corrected chi connectivity index (χ2v) is 6.75. The van der Waals surface area contributed by atoms with E-state index in [2.05, 4.69) is 30.7 Å². The Morgan fingerprint density at radius 1 is 1.18 bits per heavy atom. The number of morpholine rings is 1. The number of aromatic nitrogens is 3. The van der Waals surface area contributed by atoms with E-state index < -0.39 is 0 Å². The molecule has 2 N–H and O–H groups in total. The summed E-state index contributed by atoms with van der Waals surface area (Å²) in [5, 5.41) is 14.9. The van der Waals surface area contributed by atoms with Crippen LogP contribution in [0.1, 0.15) is 17.2 Å². The van der Waals surface area contributed by atoms with Crippen molar-refractivity contribution < 1.29 is 9.13 Å². The molecule has 2 aromatic rings. The van der Waals surface area contributed by atoms with Crippen molar-refractivity contribution in [1.82, 2.24) is 30.3 Å². The highest BCUT2D eigenvalue weighted by Gasteiger charge is 2.10. The van der Waals surface area contributed by atoms with Crippen molar-refractivity contribution in [3.05, 3.63) is 47.3 Å². The average molecular weight is 389 g/mol.